The molecule has 3 nitrogen and oxygen atoms in total. The SMILES string of the molecule is O=C(Cl)c1cnsn1. The monoisotopic (exact) mass is 148 g/mol. The molecule has 1 heterocycles. The fraction of sp³-hybridized carbons (Fsp3) is 0. The van der Waals surface area contributed by atoms with Crippen LogP contribution in [0.4, 0.5) is 0 Å². The van der Waals surface area contributed by atoms with E-state index < -0.39 is 5.24 Å². The Morgan fingerprint density at radius 2 is 2.62 bits per heavy atom. The van der Waals surface area contributed by atoms with Gasteiger partial charge in [-0.1, -0.05) is 0 Å². The average molecular weight is 149 g/mol. The zero-order valence-corrected chi connectivity index (χ0v) is 5.24. The van der Waals surface area contributed by atoms with E-state index in [1.807, 2.05) is 0 Å². The molecule has 0 N–H and O–H groups in total. The number of hydrogen-bond donors (Lipinski definition) is 0. The molecule has 5 heteroatoms. The van der Waals surface area contributed by atoms with Crippen molar-refractivity contribution in [2.24, 2.45) is 0 Å². The summed E-state index contributed by atoms with van der Waals surface area (Å²) in [6.45, 7) is 0. The quantitative estimate of drug-likeness (QED) is 0.557. The summed E-state index contributed by atoms with van der Waals surface area (Å²) in [6, 6.07) is 0. The number of halogens is 1. The van der Waals surface area contributed by atoms with Gasteiger partial charge in [0.2, 0.25) is 0 Å². The van der Waals surface area contributed by atoms with Gasteiger partial charge in [-0.25, -0.2) is 0 Å². The van der Waals surface area contributed by atoms with Gasteiger partial charge in [-0.05, 0) is 11.6 Å². The van der Waals surface area contributed by atoms with Crippen molar-refractivity contribution in [2.75, 3.05) is 0 Å². The van der Waals surface area contributed by atoms with Crippen LogP contribution in [0.5, 0.6) is 0 Å². The van der Waals surface area contributed by atoms with Gasteiger partial charge in [-0.2, -0.15) is 8.75 Å². The molecule has 0 aliphatic carbocycles. The van der Waals surface area contributed by atoms with E-state index in [-0.39, 0.29) is 5.69 Å². The van der Waals surface area contributed by atoms with E-state index in [0.717, 1.165) is 11.7 Å². The van der Waals surface area contributed by atoms with Gasteiger partial charge >= 0.3 is 0 Å². The summed E-state index contributed by atoms with van der Waals surface area (Å²) in [5, 5.41) is -0.557. The highest BCUT2D eigenvalue weighted by Crippen LogP contribution is 1.98. The van der Waals surface area contributed by atoms with Crippen molar-refractivity contribution in [3.63, 3.8) is 0 Å². The van der Waals surface area contributed by atoms with Crippen molar-refractivity contribution in [2.45, 2.75) is 0 Å². The first-order valence-electron chi connectivity index (χ1n) is 1.78. The Hall–Kier alpha value is -0.480. The second kappa shape index (κ2) is 2.19. The Balaban J connectivity index is 2.93. The molecular formula is C3HClN2OS. The molecule has 1 aromatic heterocycles. The third-order valence-corrected chi connectivity index (χ3v) is 1.23. The van der Waals surface area contributed by atoms with E-state index in [4.69, 9.17) is 11.6 Å². The van der Waals surface area contributed by atoms with Gasteiger partial charge < -0.3 is 0 Å². The first-order valence-corrected chi connectivity index (χ1v) is 2.89. The van der Waals surface area contributed by atoms with Crippen LogP contribution in [0.1, 0.15) is 10.5 Å². The van der Waals surface area contributed by atoms with E-state index in [0.29, 0.717) is 0 Å². The highest BCUT2D eigenvalue weighted by molar-refractivity contribution is 6.99. The maximum atomic E-state index is 10.2. The lowest BCUT2D eigenvalue weighted by Gasteiger charge is -1.73. The van der Waals surface area contributed by atoms with Crippen LogP contribution in [-0.4, -0.2) is 14.0 Å². The van der Waals surface area contributed by atoms with E-state index >= 15 is 0 Å². The minimum Gasteiger partial charge on any atom is -0.274 e. The molecule has 0 aromatic carbocycles. The largest absolute Gasteiger partial charge is 0.274 e. The molecule has 0 bridgehead atoms. The molecule has 1 aromatic rings. The topological polar surface area (TPSA) is 42.9 Å². The highest BCUT2D eigenvalue weighted by atomic mass is 35.5. The zero-order valence-electron chi connectivity index (χ0n) is 3.67. The maximum absolute atomic E-state index is 10.2. The molecule has 8 heavy (non-hydrogen) atoms. The summed E-state index contributed by atoms with van der Waals surface area (Å²) in [5.41, 5.74) is 0.219. The summed E-state index contributed by atoms with van der Waals surface area (Å²) in [4.78, 5) is 10.2. The van der Waals surface area contributed by atoms with Gasteiger partial charge in [0.1, 0.15) is 0 Å². The molecule has 0 aliphatic rings. The number of carbonyl (C=O) groups is 1. The third-order valence-electron chi connectivity index (χ3n) is 0.563. The standard InChI is InChI=1S/C3HClN2OS/c4-3(7)2-1-5-8-6-2/h1H. The predicted molar refractivity (Wildman–Crippen MR) is 30.1 cm³/mol. The highest BCUT2D eigenvalue weighted by Gasteiger charge is 2.01. The Bertz CT molecular complexity index is 185. The molecule has 0 fully saturated rings. The van der Waals surface area contributed by atoms with Crippen molar-refractivity contribution in [3.05, 3.63) is 11.9 Å². The Morgan fingerprint density at radius 1 is 1.88 bits per heavy atom. The molecule has 0 amide bonds. The summed E-state index contributed by atoms with van der Waals surface area (Å²) >= 11 is 5.97. The van der Waals surface area contributed by atoms with Crippen LogP contribution in [0.25, 0.3) is 0 Å². The Labute approximate surface area is 54.6 Å². The van der Waals surface area contributed by atoms with Gasteiger partial charge in [-0.3, -0.25) is 4.79 Å². The second-order valence-electron chi connectivity index (χ2n) is 1.07. The van der Waals surface area contributed by atoms with Crippen LogP contribution in [0, 0.1) is 0 Å². The average Bonchev–Trinajstić information content (AvgIpc) is 2.12. The van der Waals surface area contributed by atoms with E-state index in [1.165, 1.54) is 6.20 Å². The van der Waals surface area contributed by atoms with Crippen LogP contribution < -0.4 is 0 Å². The van der Waals surface area contributed by atoms with E-state index in [9.17, 15) is 4.79 Å². The molecule has 42 valence electrons. The van der Waals surface area contributed by atoms with Crippen molar-refractivity contribution in [1.29, 1.82) is 0 Å². The Morgan fingerprint density at radius 3 is 2.88 bits per heavy atom. The number of aromatic nitrogens is 2. The summed E-state index contributed by atoms with van der Waals surface area (Å²) in [7, 11) is 0. The number of carbonyl (C=O) groups excluding carboxylic acids is 1. The normalized spacial score (nSPS) is 9.12. The lowest BCUT2D eigenvalue weighted by atomic mass is 10.5. The van der Waals surface area contributed by atoms with Crippen LogP contribution in [0.3, 0.4) is 0 Å². The molecule has 0 spiro atoms. The fourth-order valence-electron chi connectivity index (χ4n) is 0.251. The molecule has 0 atom stereocenters. The van der Waals surface area contributed by atoms with Crippen molar-refractivity contribution in [3.8, 4) is 0 Å². The number of hydrogen-bond acceptors (Lipinski definition) is 4. The smallest absolute Gasteiger partial charge is 0.273 e. The van der Waals surface area contributed by atoms with Gasteiger partial charge in [0, 0.05) is 0 Å². The molecule has 0 saturated carbocycles. The number of rotatable bonds is 1. The van der Waals surface area contributed by atoms with E-state index in [1.54, 1.807) is 0 Å². The summed E-state index contributed by atoms with van der Waals surface area (Å²) in [5.74, 6) is 0. The zero-order chi connectivity index (χ0) is 5.98. The van der Waals surface area contributed by atoms with Crippen molar-refractivity contribution >= 4 is 28.6 Å². The van der Waals surface area contributed by atoms with Crippen LogP contribution in [0.15, 0.2) is 6.20 Å². The third kappa shape index (κ3) is 1.02. The molecular weight excluding hydrogens is 148 g/mol. The summed E-state index contributed by atoms with van der Waals surface area (Å²) < 4.78 is 7.13. The Kier molecular flexibility index (Phi) is 1.55. The van der Waals surface area contributed by atoms with Gasteiger partial charge in [0.25, 0.3) is 5.24 Å². The van der Waals surface area contributed by atoms with Gasteiger partial charge in [-0.15, -0.1) is 0 Å². The first kappa shape index (κ1) is 5.65. The molecule has 1 rings (SSSR count). The first-order chi connectivity index (χ1) is 3.80. The molecule has 0 unspecified atom stereocenters. The van der Waals surface area contributed by atoms with Crippen LogP contribution in [-0.2, 0) is 0 Å². The van der Waals surface area contributed by atoms with Crippen molar-refractivity contribution < 1.29 is 4.79 Å². The van der Waals surface area contributed by atoms with Crippen molar-refractivity contribution in [1.82, 2.24) is 8.75 Å². The van der Waals surface area contributed by atoms with E-state index in [2.05, 4.69) is 8.75 Å². The van der Waals surface area contributed by atoms with Crippen LogP contribution in [0.2, 0.25) is 0 Å². The molecule has 0 saturated heterocycles. The minimum atomic E-state index is -0.557. The predicted octanol–water partition coefficient (Wildman–Crippen LogP) is 0.917. The second-order valence-corrected chi connectivity index (χ2v) is 1.97. The van der Waals surface area contributed by atoms with Crippen LogP contribution >= 0.6 is 23.3 Å². The fourth-order valence-corrected chi connectivity index (χ4v) is 0.805. The maximum Gasteiger partial charge on any atom is 0.273 e. The molecule has 0 aliphatic heterocycles. The lowest BCUT2D eigenvalue weighted by Crippen LogP contribution is -1.85. The van der Waals surface area contributed by atoms with Gasteiger partial charge in [0.05, 0.1) is 17.9 Å². The molecule has 0 radical (unpaired) electrons. The number of nitrogens with zero attached hydrogens (tertiary/aromatic N) is 2. The summed E-state index contributed by atoms with van der Waals surface area (Å²) in [6.07, 6.45) is 1.33. The lowest BCUT2D eigenvalue weighted by molar-refractivity contribution is 0.107. The van der Waals surface area contributed by atoms with Gasteiger partial charge in [0.15, 0.2) is 5.69 Å². The minimum absolute atomic E-state index is 0.219.